The molecule has 1 aliphatic heterocycles. The molecule has 0 aliphatic carbocycles. The van der Waals surface area contributed by atoms with Gasteiger partial charge in [-0.15, -0.1) is 0 Å². The predicted molar refractivity (Wildman–Crippen MR) is 84.2 cm³/mol. The number of hydrogen-bond donors (Lipinski definition) is 1. The molecule has 114 valence electrons. The van der Waals surface area contributed by atoms with Crippen LogP contribution in [-0.2, 0) is 9.59 Å². The van der Waals surface area contributed by atoms with Gasteiger partial charge in [0.25, 0.3) is 0 Å². The summed E-state index contributed by atoms with van der Waals surface area (Å²) in [6.07, 6.45) is 4.48. The Morgan fingerprint density at radius 3 is 2.67 bits per heavy atom. The first-order valence-electron chi connectivity index (χ1n) is 7.56. The largest absolute Gasteiger partial charge is 0.296 e. The van der Waals surface area contributed by atoms with Gasteiger partial charge in [-0.05, 0) is 23.5 Å². The standard InChI is InChI=1S/C17H22ClNO2/c1-3-4-7-10-17(2)11-14(20)19-16(21)15(17)12-8-5-6-9-13(12)18/h5-6,8-9,15H,3-4,7,10-11H2,1-2H3,(H,19,20,21). The Balaban J connectivity index is 2.35. The highest BCUT2D eigenvalue weighted by Gasteiger charge is 2.46. The van der Waals surface area contributed by atoms with Crippen LogP contribution in [0.15, 0.2) is 24.3 Å². The number of benzene rings is 1. The third-order valence-corrected chi connectivity index (χ3v) is 4.70. The van der Waals surface area contributed by atoms with Gasteiger partial charge in [-0.25, -0.2) is 0 Å². The van der Waals surface area contributed by atoms with Gasteiger partial charge in [0.2, 0.25) is 11.8 Å². The fourth-order valence-corrected chi connectivity index (χ4v) is 3.52. The molecule has 1 N–H and O–H groups in total. The summed E-state index contributed by atoms with van der Waals surface area (Å²) in [4.78, 5) is 24.2. The molecule has 3 nitrogen and oxygen atoms in total. The number of rotatable bonds is 5. The van der Waals surface area contributed by atoms with Crippen molar-refractivity contribution in [1.29, 1.82) is 0 Å². The Labute approximate surface area is 131 Å². The second kappa shape index (κ2) is 6.61. The van der Waals surface area contributed by atoms with Crippen LogP contribution >= 0.6 is 11.6 Å². The monoisotopic (exact) mass is 307 g/mol. The molecule has 0 saturated carbocycles. The molecule has 1 aromatic rings. The lowest BCUT2D eigenvalue weighted by Gasteiger charge is -2.40. The molecule has 0 radical (unpaired) electrons. The van der Waals surface area contributed by atoms with Crippen LogP contribution in [0.1, 0.15) is 57.4 Å². The lowest BCUT2D eigenvalue weighted by Crippen LogP contribution is -2.49. The van der Waals surface area contributed by atoms with E-state index < -0.39 is 0 Å². The highest BCUT2D eigenvalue weighted by atomic mass is 35.5. The highest BCUT2D eigenvalue weighted by molar-refractivity contribution is 6.31. The van der Waals surface area contributed by atoms with E-state index in [0.29, 0.717) is 11.4 Å². The van der Waals surface area contributed by atoms with Crippen LogP contribution in [0.25, 0.3) is 0 Å². The van der Waals surface area contributed by atoms with Crippen LogP contribution < -0.4 is 5.32 Å². The number of amides is 2. The molecule has 2 unspecified atom stereocenters. The summed E-state index contributed by atoms with van der Waals surface area (Å²) in [6.45, 7) is 4.18. The van der Waals surface area contributed by atoms with E-state index in [-0.39, 0.29) is 23.1 Å². The van der Waals surface area contributed by atoms with Gasteiger partial charge in [-0.3, -0.25) is 14.9 Å². The van der Waals surface area contributed by atoms with Gasteiger partial charge >= 0.3 is 0 Å². The Morgan fingerprint density at radius 1 is 1.29 bits per heavy atom. The normalized spacial score (nSPS) is 25.8. The van der Waals surface area contributed by atoms with E-state index in [1.54, 1.807) is 6.07 Å². The minimum absolute atomic E-state index is 0.178. The van der Waals surface area contributed by atoms with Crippen LogP contribution in [0, 0.1) is 5.41 Å². The van der Waals surface area contributed by atoms with Crippen molar-refractivity contribution in [2.75, 3.05) is 0 Å². The van der Waals surface area contributed by atoms with Crippen LogP contribution in [0.2, 0.25) is 5.02 Å². The average molecular weight is 308 g/mol. The Hall–Kier alpha value is -1.35. The smallest absolute Gasteiger partial charge is 0.234 e. The number of piperidine rings is 1. The molecule has 1 heterocycles. The van der Waals surface area contributed by atoms with E-state index >= 15 is 0 Å². The summed E-state index contributed by atoms with van der Waals surface area (Å²) in [5, 5.41) is 3.06. The fraction of sp³-hybridized carbons (Fsp3) is 0.529. The van der Waals surface area contributed by atoms with Crippen molar-refractivity contribution in [3.05, 3.63) is 34.9 Å². The van der Waals surface area contributed by atoms with Crippen molar-refractivity contribution in [1.82, 2.24) is 5.32 Å². The number of imide groups is 1. The molecule has 0 bridgehead atoms. The van der Waals surface area contributed by atoms with E-state index in [1.165, 1.54) is 0 Å². The number of nitrogens with one attached hydrogen (secondary N) is 1. The van der Waals surface area contributed by atoms with Gasteiger partial charge < -0.3 is 0 Å². The van der Waals surface area contributed by atoms with Crippen molar-refractivity contribution in [3.63, 3.8) is 0 Å². The van der Waals surface area contributed by atoms with E-state index in [1.807, 2.05) is 25.1 Å². The van der Waals surface area contributed by atoms with E-state index in [2.05, 4.69) is 12.2 Å². The first-order chi connectivity index (χ1) is 9.98. The second-order valence-electron chi connectivity index (χ2n) is 6.15. The number of carbonyl (C=O) groups is 2. The lowest BCUT2D eigenvalue weighted by molar-refractivity contribution is -0.139. The van der Waals surface area contributed by atoms with Crippen molar-refractivity contribution < 1.29 is 9.59 Å². The zero-order valence-corrected chi connectivity index (χ0v) is 13.4. The molecule has 1 aromatic carbocycles. The van der Waals surface area contributed by atoms with E-state index in [9.17, 15) is 9.59 Å². The minimum atomic E-state index is -0.362. The third kappa shape index (κ3) is 3.46. The summed E-state index contributed by atoms with van der Waals surface area (Å²) in [7, 11) is 0. The van der Waals surface area contributed by atoms with E-state index in [0.717, 1.165) is 31.2 Å². The molecule has 2 rings (SSSR count). The zero-order chi connectivity index (χ0) is 15.5. The molecule has 0 spiro atoms. The Kier molecular flexibility index (Phi) is 5.04. The van der Waals surface area contributed by atoms with Gasteiger partial charge in [0.15, 0.2) is 0 Å². The van der Waals surface area contributed by atoms with Crippen molar-refractivity contribution in [3.8, 4) is 0 Å². The van der Waals surface area contributed by atoms with E-state index in [4.69, 9.17) is 11.6 Å². The van der Waals surface area contributed by atoms with Crippen LogP contribution in [0.5, 0.6) is 0 Å². The molecule has 1 fully saturated rings. The number of carbonyl (C=O) groups excluding carboxylic acids is 2. The van der Waals surface area contributed by atoms with Gasteiger partial charge in [-0.2, -0.15) is 0 Å². The molecule has 1 aliphatic rings. The fourth-order valence-electron chi connectivity index (χ4n) is 3.28. The number of unbranched alkanes of at least 4 members (excludes halogenated alkanes) is 2. The quantitative estimate of drug-likeness (QED) is 0.658. The van der Waals surface area contributed by atoms with Gasteiger partial charge in [-0.1, -0.05) is 62.9 Å². The number of halogens is 1. The number of hydrogen-bond acceptors (Lipinski definition) is 2. The van der Waals surface area contributed by atoms with Gasteiger partial charge in [0.05, 0.1) is 5.92 Å². The summed E-state index contributed by atoms with van der Waals surface area (Å²) < 4.78 is 0. The first kappa shape index (κ1) is 16.0. The second-order valence-corrected chi connectivity index (χ2v) is 6.56. The SMILES string of the molecule is CCCCCC1(C)CC(=O)NC(=O)C1c1ccccc1Cl. The highest BCUT2D eigenvalue weighted by Crippen LogP contribution is 2.47. The van der Waals surface area contributed by atoms with Crippen molar-refractivity contribution in [2.24, 2.45) is 5.41 Å². The van der Waals surface area contributed by atoms with Crippen LogP contribution in [0.3, 0.4) is 0 Å². The van der Waals surface area contributed by atoms with Crippen molar-refractivity contribution in [2.45, 2.75) is 51.9 Å². The van der Waals surface area contributed by atoms with Crippen LogP contribution in [0.4, 0.5) is 0 Å². The predicted octanol–water partition coefficient (Wildman–Crippen LogP) is 4.06. The molecular formula is C17H22ClNO2. The molecular weight excluding hydrogens is 286 g/mol. The Morgan fingerprint density at radius 2 is 2.00 bits per heavy atom. The van der Waals surface area contributed by atoms with Crippen LogP contribution in [-0.4, -0.2) is 11.8 Å². The lowest BCUT2D eigenvalue weighted by atomic mass is 9.66. The molecule has 4 heteroatoms. The first-order valence-corrected chi connectivity index (χ1v) is 7.94. The maximum Gasteiger partial charge on any atom is 0.234 e. The zero-order valence-electron chi connectivity index (χ0n) is 12.6. The topological polar surface area (TPSA) is 46.2 Å². The Bertz CT molecular complexity index is 543. The van der Waals surface area contributed by atoms with Gasteiger partial charge in [0.1, 0.15) is 0 Å². The molecule has 21 heavy (non-hydrogen) atoms. The average Bonchev–Trinajstić information content (AvgIpc) is 2.40. The van der Waals surface area contributed by atoms with Gasteiger partial charge in [0, 0.05) is 11.4 Å². The molecule has 1 saturated heterocycles. The third-order valence-electron chi connectivity index (χ3n) is 4.35. The minimum Gasteiger partial charge on any atom is -0.296 e. The van der Waals surface area contributed by atoms with Crippen molar-refractivity contribution >= 4 is 23.4 Å². The molecule has 0 aromatic heterocycles. The summed E-state index contributed by atoms with van der Waals surface area (Å²) in [6, 6.07) is 7.43. The summed E-state index contributed by atoms with van der Waals surface area (Å²) >= 11 is 6.28. The molecule has 2 atom stereocenters. The maximum atomic E-state index is 12.4. The summed E-state index contributed by atoms with van der Waals surface area (Å²) in [5.74, 6) is -0.763. The maximum absolute atomic E-state index is 12.4. The molecule has 2 amide bonds. The summed E-state index contributed by atoms with van der Waals surface area (Å²) in [5.41, 5.74) is 0.461.